The van der Waals surface area contributed by atoms with Gasteiger partial charge in [0.05, 0.1) is 11.6 Å². The second-order valence-corrected chi connectivity index (χ2v) is 3.71. The molecule has 0 atom stereocenters. The standard InChI is InChI=1S/C13H13N5/c14-8-10-4-6-11(7-5-10)9-16-12-2-1-3-13(17-12)18-15/h1-7H,9,15H2,(H2,16,17,18). The van der Waals surface area contributed by atoms with Crippen LogP contribution in [0.2, 0.25) is 0 Å². The lowest BCUT2D eigenvalue weighted by Gasteiger charge is -2.07. The van der Waals surface area contributed by atoms with E-state index < -0.39 is 0 Å². The summed E-state index contributed by atoms with van der Waals surface area (Å²) in [4.78, 5) is 4.24. The summed E-state index contributed by atoms with van der Waals surface area (Å²) >= 11 is 0. The topological polar surface area (TPSA) is 86.8 Å². The minimum Gasteiger partial charge on any atom is -0.366 e. The van der Waals surface area contributed by atoms with E-state index in [-0.39, 0.29) is 0 Å². The molecule has 5 heteroatoms. The number of nitrogen functional groups attached to an aromatic ring is 1. The Bertz CT molecular complexity index is 556. The van der Waals surface area contributed by atoms with E-state index in [1.54, 1.807) is 18.2 Å². The Morgan fingerprint density at radius 2 is 1.83 bits per heavy atom. The summed E-state index contributed by atoms with van der Waals surface area (Å²) in [5, 5.41) is 11.9. The van der Waals surface area contributed by atoms with E-state index >= 15 is 0 Å². The van der Waals surface area contributed by atoms with Crippen molar-refractivity contribution in [3.63, 3.8) is 0 Å². The fourth-order valence-electron chi connectivity index (χ4n) is 1.50. The van der Waals surface area contributed by atoms with Crippen LogP contribution in [0.5, 0.6) is 0 Å². The Morgan fingerprint density at radius 3 is 2.50 bits per heavy atom. The largest absolute Gasteiger partial charge is 0.366 e. The van der Waals surface area contributed by atoms with Gasteiger partial charge in [-0.25, -0.2) is 10.8 Å². The summed E-state index contributed by atoms with van der Waals surface area (Å²) in [6, 6.07) is 15.0. The number of nitrogens with two attached hydrogens (primary N) is 1. The number of hydrazine groups is 1. The van der Waals surface area contributed by atoms with Gasteiger partial charge in [0.1, 0.15) is 11.6 Å². The molecule has 0 aliphatic rings. The molecule has 90 valence electrons. The maximum absolute atomic E-state index is 8.70. The molecule has 0 aliphatic heterocycles. The highest BCUT2D eigenvalue weighted by atomic mass is 15.3. The third-order valence-corrected chi connectivity index (χ3v) is 2.45. The molecular formula is C13H13N5. The zero-order valence-electron chi connectivity index (χ0n) is 9.72. The van der Waals surface area contributed by atoms with Crippen molar-refractivity contribution in [1.29, 1.82) is 5.26 Å². The van der Waals surface area contributed by atoms with Gasteiger partial charge in [-0.2, -0.15) is 5.26 Å². The van der Waals surface area contributed by atoms with Gasteiger partial charge >= 0.3 is 0 Å². The van der Waals surface area contributed by atoms with E-state index in [2.05, 4.69) is 21.8 Å². The molecule has 0 unspecified atom stereocenters. The zero-order chi connectivity index (χ0) is 12.8. The smallest absolute Gasteiger partial charge is 0.142 e. The SMILES string of the molecule is N#Cc1ccc(CNc2cccc(NN)n2)cc1. The molecule has 18 heavy (non-hydrogen) atoms. The second kappa shape index (κ2) is 5.66. The molecule has 1 aromatic heterocycles. The third kappa shape index (κ3) is 2.97. The number of pyridine rings is 1. The molecule has 0 amide bonds. The van der Waals surface area contributed by atoms with Crippen LogP contribution < -0.4 is 16.6 Å². The lowest BCUT2D eigenvalue weighted by Crippen LogP contribution is -2.09. The van der Waals surface area contributed by atoms with Gasteiger partial charge in [0.25, 0.3) is 0 Å². The molecule has 2 aromatic rings. The van der Waals surface area contributed by atoms with Crippen molar-refractivity contribution >= 4 is 11.6 Å². The maximum Gasteiger partial charge on any atom is 0.142 e. The summed E-state index contributed by atoms with van der Waals surface area (Å²) in [6.45, 7) is 0.646. The Balaban J connectivity index is 2.00. The summed E-state index contributed by atoms with van der Waals surface area (Å²) in [6.07, 6.45) is 0. The van der Waals surface area contributed by atoms with E-state index in [1.165, 1.54) is 0 Å². The maximum atomic E-state index is 8.70. The normalized spacial score (nSPS) is 9.56. The lowest BCUT2D eigenvalue weighted by molar-refractivity contribution is 1.10. The molecular weight excluding hydrogens is 226 g/mol. The Hall–Kier alpha value is -2.58. The van der Waals surface area contributed by atoms with Crippen LogP contribution in [-0.4, -0.2) is 4.98 Å². The summed E-state index contributed by atoms with van der Waals surface area (Å²) < 4.78 is 0. The molecule has 0 fully saturated rings. The fraction of sp³-hybridized carbons (Fsp3) is 0.0769. The van der Waals surface area contributed by atoms with Gasteiger partial charge in [-0.1, -0.05) is 18.2 Å². The van der Waals surface area contributed by atoms with Gasteiger partial charge in [0.2, 0.25) is 0 Å². The first-order chi connectivity index (χ1) is 8.81. The molecule has 0 saturated carbocycles. The van der Waals surface area contributed by atoms with Crippen molar-refractivity contribution in [3.8, 4) is 6.07 Å². The number of nitrogens with one attached hydrogen (secondary N) is 2. The van der Waals surface area contributed by atoms with Crippen LogP contribution >= 0.6 is 0 Å². The van der Waals surface area contributed by atoms with Crippen LogP contribution in [0.4, 0.5) is 11.6 Å². The number of nitrogens with zero attached hydrogens (tertiary/aromatic N) is 2. The first kappa shape index (κ1) is 11.9. The molecule has 1 aromatic carbocycles. The van der Waals surface area contributed by atoms with Gasteiger partial charge in [0, 0.05) is 6.54 Å². The average molecular weight is 239 g/mol. The van der Waals surface area contributed by atoms with Gasteiger partial charge < -0.3 is 10.7 Å². The number of nitriles is 1. The van der Waals surface area contributed by atoms with Crippen molar-refractivity contribution in [3.05, 3.63) is 53.6 Å². The quantitative estimate of drug-likeness (QED) is 0.560. The molecule has 5 nitrogen and oxygen atoms in total. The van der Waals surface area contributed by atoms with Crippen LogP contribution in [0.15, 0.2) is 42.5 Å². The highest BCUT2D eigenvalue weighted by Gasteiger charge is 1.97. The minimum atomic E-state index is 0.611. The van der Waals surface area contributed by atoms with Gasteiger partial charge in [-0.15, -0.1) is 0 Å². The highest BCUT2D eigenvalue weighted by Crippen LogP contribution is 2.10. The predicted octanol–water partition coefficient (Wildman–Crippen LogP) is 1.85. The monoisotopic (exact) mass is 239 g/mol. The number of rotatable bonds is 4. The number of hydrogen-bond acceptors (Lipinski definition) is 5. The first-order valence-corrected chi connectivity index (χ1v) is 5.48. The zero-order valence-corrected chi connectivity index (χ0v) is 9.72. The van der Waals surface area contributed by atoms with Gasteiger partial charge in [-0.05, 0) is 29.8 Å². The van der Waals surface area contributed by atoms with Crippen molar-refractivity contribution in [2.45, 2.75) is 6.54 Å². The van der Waals surface area contributed by atoms with Gasteiger partial charge in [0.15, 0.2) is 0 Å². The van der Waals surface area contributed by atoms with E-state index in [9.17, 15) is 0 Å². The summed E-state index contributed by atoms with van der Waals surface area (Å²) in [5.74, 6) is 6.64. The Kier molecular flexibility index (Phi) is 3.74. The minimum absolute atomic E-state index is 0.611. The number of aromatic nitrogens is 1. The molecule has 2 rings (SSSR count). The van der Waals surface area contributed by atoms with Crippen molar-refractivity contribution in [2.24, 2.45) is 5.84 Å². The predicted molar refractivity (Wildman–Crippen MR) is 70.5 cm³/mol. The van der Waals surface area contributed by atoms with E-state index in [1.807, 2.05) is 24.3 Å². The second-order valence-electron chi connectivity index (χ2n) is 3.71. The summed E-state index contributed by atoms with van der Waals surface area (Å²) in [7, 11) is 0. The van der Waals surface area contributed by atoms with Crippen LogP contribution in [0, 0.1) is 11.3 Å². The number of benzene rings is 1. The van der Waals surface area contributed by atoms with Crippen LogP contribution in [0.3, 0.4) is 0 Å². The highest BCUT2D eigenvalue weighted by molar-refractivity contribution is 5.45. The van der Waals surface area contributed by atoms with E-state index in [0.29, 0.717) is 17.9 Å². The Morgan fingerprint density at radius 1 is 1.11 bits per heavy atom. The number of hydrogen-bond donors (Lipinski definition) is 3. The molecule has 0 saturated heterocycles. The molecule has 0 bridgehead atoms. The van der Waals surface area contributed by atoms with E-state index in [0.717, 1.165) is 11.4 Å². The Labute approximate surface area is 105 Å². The molecule has 0 radical (unpaired) electrons. The van der Waals surface area contributed by atoms with E-state index in [4.69, 9.17) is 11.1 Å². The van der Waals surface area contributed by atoms with Crippen LogP contribution in [0.25, 0.3) is 0 Å². The molecule has 0 aliphatic carbocycles. The molecule has 0 spiro atoms. The third-order valence-electron chi connectivity index (χ3n) is 2.45. The van der Waals surface area contributed by atoms with Crippen molar-refractivity contribution in [1.82, 2.24) is 4.98 Å². The van der Waals surface area contributed by atoms with Crippen LogP contribution in [-0.2, 0) is 6.54 Å². The fourth-order valence-corrected chi connectivity index (χ4v) is 1.50. The molecule has 1 heterocycles. The van der Waals surface area contributed by atoms with Gasteiger partial charge in [-0.3, -0.25) is 0 Å². The van der Waals surface area contributed by atoms with Crippen molar-refractivity contribution < 1.29 is 0 Å². The first-order valence-electron chi connectivity index (χ1n) is 5.48. The lowest BCUT2D eigenvalue weighted by atomic mass is 10.1. The average Bonchev–Trinajstić information content (AvgIpc) is 2.46. The van der Waals surface area contributed by atoms with Crippen LogP contribution in [0.1, 0.15) is 11.1 Å². The molecule has 4 N–H and O–H groups in total. The van der Waals surface area contributed by atoms with Crippen molar-refractivity contribution in [2.75, 3.05) is 10.7 Å². The number of anilines is 2. The summed E-state index contributed by atoms with van der Waals surface area (Å²) in [5.41, 5.74) is 4.24.